The zero-order valence-corrected chi connectivity index (χ0v) is 16.6. The predicted molar refractivity (Wildman–Crippen MR) is 105 cm³/mol. The molecule has 1 amide bonds. The van der Waals surface area contributed by atoms with Gasteiger partial charge in [-0.1, -0.05) is 36.2 Å². The molecule has 2 N–H and O–H groups in total. The topological polar surface area (TPSA) is 55.8 Å². The minimum absolute atomic E-state index is 0.119. The number of hydrogen-bond donors (Lipinski definition) is 2. The molecule has 1 aromatic rings. The highest BCUT2D eigenvalue weighted by Gasteiger charge is 2.35. The Labute approximate surface area is 165 Å². The summed E-state index contributed by atoms with van der Waals surface area (Å²) in [7, 11) is 0. The normalized spacial score (nSPS) is 27.1. The van der Waals surface area contributed by atoms with Gasteiger partial charge in [-0.05, 0) is 30.5 Å². The van der Waals surface area contributed by atoms with Crippen LogP contribution < -0.4 is 5.32 Å². The standard InChI is InChI=1S/C19H27Cl2N3O2/c1-2-17-18(12-23-7-5-14(25)11-23)24(8-6-22-17)19(26)10-13-3-4-15(20)16(21)9-13/h3-4,9,14,17-18,22,25H,2,5-8,10-12H2,1H3/t14-,17?,18?/m0/s1. The van der Waals surface area contributed by atoms with E-state index in [1.54, 1.807) is 12.1 Å². The van der Waals surface area contributed by atoms with Crippen molar-refractivity contribution in [1.29, 1.82) is 0 Å². The van der Waals surface area contributed by atoms with Crippen molar-refractivity contribution in [2.75, 3.05) is 32.7 Å². The maximum atomic E-state index is 13.0. The molecule has 3 atom stereocenters. The zero-order valence-electron chi connectivity index (χ0n) is 15.1. The first-order chi connectivity index (χ1) is 12.5. The number of β-amino-alcohol motifs (C(OH)–C–C–N with tert-alkyl or cyclic N) is 1. The number of amides is 1. The molecular formula is C19H27Cl2N3O2. The Bertz CT molecular complexity index is 643. The van der Waals surface area contributed by atoms with Crippen molar-refractivity contribution in [2.45, 2.75) is 44.4 Å². The Morgan fingerprint density at radius 2 is 2.12 bits per heavy atom. The highest BCUT2D eigenvalue weighted by atomic mass is 35.5. The van der Waals surface area contributed by atoms with E-state index < -0.39 is 0 Å². The second-order valence-electron chi connectivity index (χ2n) is 7.25. The highest BCUT2D eigenvalue weighted by Crippen LogP contribution is 2.24. The zero-order chi connectivity index (χ0) is 18.7. The molecule has 7 heteroatoms. The first-order valence-electron chi connectivity index (χ1n) is 9.35. The Kier molecular flexibility index (Phi) is 6.81. The van der Waals surface area contributed by atoms with E-state index in [4.69, 9.17) is 23.2 Å². The van der Waals surface area contributed by atoms with Crippen molar-refractivity contribution in [3.8, 4) is 0 Å². The summed E-state index contributed by atoms with van der Waals surface area (Å²) in [4.78, 5) is 17.3. The van der Waals surface area contributed by atoms with Gasteiger partial charge in [-0.25, -0.2) is 0 Å². The van der Waals surface area contributed by atoms with Gasteiger partial charge in [0.15, 0.2) is 0 Å². The largest absolute Gasteiger partial charge is 0.392 e. The average Bonchev–Trinajstić information content (AvgIpc) is 3.03. The second kappa shape index (κ2) is 8.89. The Morgan fingerprint density at radius 3 is 2.77 bits per heavy atom. The summed E-state index contributed by atoms with van der Waals surface area (Å²) >= 11 is 12.1. The Morgan fingerprint density at radius 1 is 1.31 bits per heavy atom. The van der Waals surface area contributed by atoms with Crippen LogP contribution >= 0.6 is 23.2 Å². The molecular weight excluding hydrogens is 373 g/mol. The van der Waals surface area contributed by atoms with Gasteiger partial charge < -0.3 is 15.3 Å². The van der Waals surface area contributed by atoms with Crippen molar-refractivity contribution in [2.24, 2.45) is 0 Å². The lowest BCUT2D eigenvalue weighted by atomic mass is 9.99. The van der Waals surface area contributed by atoms with Gasteiger partial charge in [-0.3, -0.25) is 9.69 Å². The number of halogens is 2. The van der Waals surface area contributed by atoms with E-state index in [1.165, 1.54) is 0 Å². The van der Waals surface area contributed by atoms with Gasteiger partial charge in [-0.15, -0.1) is 0 Å². The van der Waals surface area contributed by atoms with Crippen molar-refractivity contribution in [3.05, 3.63) is 33.8 Å². The van der Waals surface area contributed by atoms with Crippen LogP contribution in [0.4, 0.5) is 0 Å². The average molecular weight is 400 g/mol. The van der Waals surface area contributed by atoms with E-state index >= 15 is 0 Å². The van der Waals surface area contributed by atoms with Crippen LogP contribution in [0.5, 0.6) is 0 Å². The fraction of sp³-hybridized carbons (Fsp3) is 0.632. The van der Waals surface area contributed by atoms with E-state index in [0.29, 0.717) is 29.6 Å². The molecule has 2 unspecified atom stereocenters. The van der Waals surface area contributed by atoms with Crippen LogP contribution in [0.1, 0.15) is 25.3 Å². The van der Waals surface area contributed by atoms with E-state index in [-0.39, 0.29) is 24.1 Å². The number of nitrogens with zero attached hydrogens (tertiary/aromatic N) is 2. The smallest absolute Gasteiger partial charge is 0.227 e. The summed E-state index contributed by atoms with van der Waals surface area (Å²) < 4.78 is 0. The molecule has 5 nitrogen and oxygen atoms in total. The molecule has 2 fully saturated rings. The number of aliphatic hydroxyl groups excluding tert-OH is 1. The summed E-state index contributed by atoms with van der Waals surface area (Å²) in [5, 5.41) is 14.3. The Balaban J connectivity index is 1.71. The van der Waals surface area contributed by atoms with Gasteiger partial charge >= 0.3 is 0 Å². The lowest BCUT2D eigenvalue weighted by Gasteiger charge is -2.43. The lowest BCUT2D eigenvalue weighted by Crippen LogP contribution is -2.62. The first kappa shape index (κ1) is 19.9. The van der Waals surface area contributed by atoms with E-state index in [2.05, 4.69) is 17.1 Å². The van der Waals surface area contributed by atoms with Crippen LogP contribution in [0.15, 0.2) is 18.2 Å². The van der Waals surface area contributed by atoms with Crippen molar-refractivity contribution in [1.82, 2.24) is 15.1 Å². The first-order valence-corrected chi connectivity index (χ1v) is 10.1. The highest BCUT2D eigenvalue weighted by molar-refractivity contribution is 6.42. The number of nitrogens with one attached hydrogen (secondary N) is 1. The van der Waals surface area contributed by atoms with E-state index in [0.717, 1.165) is 38.0 Å². The number of carbonyl (C=O) groups excluding carboxylic acids is 1. The van der Waals surface area contributed by atoms with E-state index in [1.807, 2.05) is 11.0 Å². The van der Waals surface area contributed by atoms with Crippen LogP contribution in [-0.4, -0.2) is 71.7 Å². The quantitative estimate of drug-likeness (QED) is 0.796. The summed E-state index contributed by atoms with van der Waals surface area (Å²) in [6.07, 6.45) is 1.87. The maximum Gasteiger partial charge on any atom is 0.227 e. The predicted octanol–water partition coefficient (Wildman–Crippen LogP) is 2.18. The van der Waals surface area contributed by atoms with Crippen LogP contribution in [0.3, 0.4) is 0 Å². The molecule has 3 rings (SSSR count). The SMILES string of the molecule is CCC1NCCN(C(=O)Cc2ccc(Cl)c(Cl)c2)C1CN1CC[C@H](O)C1. The monoisotopic (exact) mass is 399 g/mol. The molecule has 0 spiro atoms. The minimum Gasteiger partial charge on any atom is -0.392 e. The molecule has 2 aliphatic rings. The van der Waals surface area contributed by atoms with Crippen LogP contribution in [0, 0.1) is 0 Å². The number of carbonyl (C=O) groups is 1. The van der Waals surface area contributed by atoms with Gasteiger partial charge in [0, 0.05) is 38.8 Å². The van der Waals surface area contributed by atoms with Gasteiger partial charge in [-0.2, -0.15) is 0 Å². The third kappa shape index (κ3) is 4.70. The summed E-state index contributed by atoms with van der Waals surface area (Å²) in [6.45, 7) is 6.05. The fourth-order valence-corrected chi connectivity index (χ4v) is 4.33. The van der Waals surface area contributed by atoms with Crippen molar-refractivity contribution < 1.29 is 9.90 Å². The number of hydrogen-bond acceptors (Lipinski definition) is 4. The molecule has 0 aromatic heterocycles. The number of likely N-dealkylation sites (tertiary alicyclic amines) is 1. The van der Waals surface area contributed by atoms with Gasteiger partial charge in [0.25, 0.3) is 0 Å². The van der Waals surface area contributed by atoms with Crippen molar-refractivity contribution >= 4 is 29.1 Å². The molecule has 0 bridgehead atoms. The third-order valence-electron chi connectivity index (χ3n) is 5.42. The number of piperazine rings is 1. The molecule has 26 heavy (non-hydrogen) atoms. The number of aliphatic hydroxyl groups is 1. The lowest BCUT2D eigenvalue weighted by molar-refractivity contribution is -0.135. The van der Waals surface area contributed by atoms with Crippen LogP contribution in [0.25, 0.3) is 0 Å². The summed E-state index contributed by atoms with van der Waals surface area (Å²) in [6, 6.07) is 5.76. The van der Waals surface area contributed by atoms with Crippen LogP contribution in [0.2, 0.25) is 10.0 Å². The molecule has 2 heterocycles. The number of rotatable bonds is 5. The Hall–Kier alpha value is -0.850. The maximum absolute atomic E-state index is 13.0. The van der Waals surface area contributed by atoms with Crippen LogP contribution in [-0.2, 0) is 11.2 Å². The molecule has 0 radical (unpaired) electrons. The second-order valence-corrected chi connectivity index (χ2v) is 8.07. The van der Waals surface area contributed by atoms with E-state index in [9.17, 15) is 9.90 Å². The molecule has 1 aromatic carbocycles. The van der Waals surface area contributed by atoms with Gasteiger partial charge in [0.05, 0.1) is 28.6 Å². The molecule has 0 aliphatic carbocycles. The van der Waals surface area contributed by atoms with Gasteiger partial charge in [0.1, 0.15) is 0 Å². The van der Waals surface area contributed by atoms with Gasteiger partial charge in [0.2, 0.25) is 5.91 Å². The molecule has 2 aliphatic heterocycles. The minimum atomic E-state index is -0.244. The van der Waals surface area contributed by atoms with Crippen molar-refractivity contribution in [3.63, 3.8) is 0 Å². The number of benzene rings is 1. The fourth-order valence-electron chi connectivity index (χ4n) is 4.01. The third-order valence-corrected chi connectivity index (χ3v) is 6.16. The molecule has 144 valence electrons. The molecule has 0 saturated carbocycles. The molecule has 2 saturated heterocycles. The summed E-state index contributed by atoms with van der Waals surface area (Å²) in [5.41, 5.74) is 0.881. The summed E-state index contributed by atoms with van der Waals surface area (Å²) in [5.74, 6) is 0.119.